The number of hydrogen-bond donors (Lipinski definition) is 0. The highest BCUT2D eigenvalue weighted by atomic mass is 19.4. The molecule has 0 amide bonds. The van der Waals surface area contributed by atoms with E-state index >= 15 is 0 Å². The molecule has 0 saturated carbocycles. The summed E-state index contributed by atoms with van der Waals surface area (Å²) < 4.78 is 41.4. The van der Waals surface area contributed by atoms with E-state index in [-0.39, 0.29) is 5.69 Å². The van der Waals surface area contributed by atoms with Crippen LogP contribution in [0.1, 0.15) is 5.56 Å². The summed E-state index contributed by atoms with van der Waals surface area (Å²) in [7, 11) is 3.81. The number of benzene rings is 2. The van der Waals surface area contributed by atoms with Gasteiger partial charge in [0.05, 0.1) is 16.6 Å². The highest BCUT2D eigenvalue weighted by Gasteiger charge is 2.30. The molecule has 34 heavy (non-hydrogen) atoms. The minimum Gasteiger partial charge on any atom is -0.363 e. The van der Waals surface area contributed by atoms with Crippen molar-refractivity contribution in [3.8, 4) is 16.8 Å². The molecule has 0 aliphatic heterocycles. The minimum atomic E-state index is -4.52. The molecule has 8 heteroatoms. The number of alkyl halides is 3. The zero-order valence-electron chi connectivity index (χ0n) is 18.3. The number of pyridine rings is 3. The number of halogens is 3. The van der Waals surface area contributed by atoms with Crippen LogP contribution in [0.25, 0.3) is 38.6 Å². The van der Waals surface area contributed by atoms with Gasteiger partial charge in [-0.2, -0.15) is 13.2 Å². The molecule has 0 radical (unpaired) electrons. The maximum Gasteiger partial charge on any atom is 0.416 e. The molecule has 0 unspecified atom stereocenters. The van der Waals surface area contributed by atoms with Crippen molar-refractivity contribution in [3.05, 3.63) is 95.0 Å². The Morgan fingerprint density at radius 1 is 0.853 bits per heavy atom. The van der Waals surface area contributed by atoms with Crippen LogP contribution in [0.5, 0.6) is 0 Å². The van der Waals surface area contributed by atoms with E-state index < -0.39 is 17.3 Å². The predicted octanol–water partition coefficient (Wildman–Crippen LogP) is 5.69. The molecular weight excluding hydrogens is 441 g/mol. The topological polar surface area (TPSA) is 51.0 Å². The summed E-state index contributed by atoms with van der Waals surface area (Å²) >= 11 is 0. The van der Waals surface area contributed by atoms with Crippen LogP contribution in [0.15, 0.2) is 83.9 Å². The van der Waals surface area contributed by atoms with Gasteiger partial charge in [-0.05, 0) is 54.1 Å². The van der Waals surface area contributed by atoms with Gasteiger partial charge in [-0.1, -0.05) is 12.1 Å². The lowest BCUT2D eigenvalue weighted by Crippen LogP contribution is -2.18. The molecule has 0 fully saturated rings. The van der Waals surface area contributed by atoms with Crippen LogP contribution in [0.3, 0.4) is 0 Å². The number of anilines is 1. The van der Waals surface area contributed by atoms with Crippen molar-refractivity contribution in [2.75, 3.05) is 19.0 Å². The fourth-order valence-corrected chi connectivity index (χ4v) is 3.99. The molecule has 5 nitrogen and oxygen atoms in total. The molecule has 5 aromatic rings. The highest BCUT2D eigenvalue weighted by molar-refractivity contribution is 6.05. The third-order valence-electron chi connectivity index (χ3n) is 5.69. The SMILES string of the molecule is CN(C)c1ccc(-c2ccc3ncc4ccc(=O)n(-c5cccc(C(F)(F)F)c5)c4c3c2)cn1. The Kier molecular flexibility index (Phi) is 5.08. The summed E-state index contributed by atoms with van der Waals surface area (Å²) in [5.74, 6) is 0.815. The van der Waals surface area contributed by atoms with Crippen molar-refractivity contribution in [2.45, 2.75) is 6.18 Å². The van der Waals surface area contributed by atoms with E-state index in [1.807, 2.05) is 49.3 Å². The second kappa shape index (κ2) is 7.98. The Morgan fingerprint density at radius 2 is 1.65 bits per heavy atom. The van der Waals surface area contributed by atoms with Gasteiger partial charge in [0, 0.05) is 54.6 Å². The van der Waals surface area contributed by atoms with Crippen LogP contribution in [-0.4, -0.2) is 28.6 Å². The van der Waals surface area contributed by atoms with Crippen molar-refractivity contribution >= 4 is 27.6 Å². The van der Waals surface area contributed by atoms with Crippen LogP contribution < -0.4 is 10.5 Å². The van der Waals surface area contributed by atoms with Crippen molar-refractivity contribution in [3.63, 3.8) is 0 Å². The Morgan fingerprint density at radius 3 is 2.35 bits per heavy atom. The first-order valence-electron chi connectivity index (χ1n) is 10.5. The van der Waals surface area contributed by atoms with Gasteiger partial charge in [-0.15, -0.1) is 0 Å². The van der Waals surface area contributed by atoms with Crippen LogP contribution >= 0.6 is 0 Å². The molecule has 0 atom stereocenters. The van der Waals surface area contributed by atoms with Crippen molar-refractivity contribution < 1.29 is 13.2 Å². The van der Waals surface area contributed by atoms with Crippen molar-refractivity contribution in [1.82, 2.24) is 14.5 Å². The van der Waals surface area contributed by atoms with E-state index in [1.165, 1.54) is 22.8 Å². The lowest BCUT2D eigenvalue weighted by molar-refractivity contribution is -0.137. The molecule has 3 heterocycles. The molecule has 0 spiro atoms. The zero-order chi connectivity index (χ0) is 24.0. The van der Waals surface area contributed by atoms with Gasteiger partial charge >= 0.3 is 6.18 Å². The number of nitrogens with zero attached hydrogens (tertiary/aromatic N) is 4. The summed E-state index contributed by atoms with van der Waals surface area (Å²) in [6.45, 7) is 0. The number of rotatable bonds is 3. The molecule has 170 valence electrons. The van der Waals surface area contributed by atoms with E-state index in [9.17, 15) is 18.0 Å². The monoisotopic (exact) mass is 460 g/mol. The first-order valence-corrected chi connectivity index (χ1v) is 10.5. The maximum absolute atomic E-state index is 13.4. The Balaban J connectivity index is 1.78. The van der Waals surface area contributed by atoms with E-state index in [2.05, 4.69) is 9.97 Å². The quantitative estimate of drug-likeness (QED) is 0.325. The summed E-state index contributed by atoms with van der Waals surface area (Å²) in [4.78, 5) is 23.8. The Hall–Kier alpha value is -4.20. The first kappa shape index (κ1) is 21.6. The second-order valence-electron chi connectivity index (χ2n) is 8.15. The molecule has 0 aliphatic carbocycles. The predicted molar refractivity (Wildman–Crippen MR) is 127 cm³/mol. The van der Waals surface area contributed by atoms with E-state index in [0.29, 0.717) is 21.8 Å². The number of hydrogen-bond acceptors (Lipinski definition) is 4. The zero-order valence-corrected chi connectivity index (χ0v) is 18.3. The fraction of sp³-hybridized carbons (Fsp3) is 0.115. The average molecular weight is 460 g/mol. The molecular formula is C26H19F3N4O. The van der Waals surface area contributed by atoms with E-state index in [4.69, 9.17) is 0 Å². The van der Waals surface area contributed by atoms with Gasteiger partial charge in [-0.25, -0.2) is 4.98 Å². The van der Waals surface area contributed by atoms with Crippen LogP contribution in [0.2, 0.25) is 0 Å². The van der Waals surface area contributed by atoms with Crippen molar-refractivity contribution in [2.24, 2.45) is 0 Å². The molecule has 0 N–H and O–H groups in total. The van der Waals surface area contributed by atoms with Crippen LogP contribution in [-0.2, 0) is 6.18 Å². The van der Waals surface area contributed by atoms with Gasteiger partial charge in [0.25, 0.3) is 5.56 Å². The normalized spacial score (nSPS) is 11.8. The van der Waals surface area contributed by atoms with Gasteiger partial charge in [-0.3, -0.25) is 14.3 Å². The molecule has 5 rings (SSSR count). The number of aromatic nitrogens is 3. The van der Waals surface area contributed by atoms with Gasteiger partial charge in [0.15, 0.2) is 0 Å². The van der Waals surface area contributed by atoms with Crippen LogP contribution in [0.4, 0.5) is 19.0 Å². The fourth-order valence-electron chi connectivity index (χ4n) is 3.99. The van der Waals surface area contributed by atoms with Gasteiger partial charge < -0.3 is 4.90 Å². The molecule has 3 aromatic heterocycles. The third-order valence-corrected chi connectivity index (χ3v) is 5.69. The maximum atomic E-state index is 13.4. The Labute approximate surface area is 192 Å². The summed E-state index contributed by atoms with van der Waals surface area (Å²) in [6.07, 6.45) is -1.14. The smallest absolute Gasteiger partial charge is 0.363 e. The Bertz CT molecular complexity index is 1590. The standard InChI is InChI=1S/C26H19F3N4O/c1-32(2)23-10-7-17(14-31-23)16-6-9-22-21(12-16)25-18(15-30-22)8-11-24(34)33(25)20-5-3-4-19(13-20)26(27,28)29/h3-15H,1-2H3. The van der Waals surface area contributed by atoms with E-state index in [0.717, 1.165) is 29.1 Å². The summed E-state index contributed by atoms with van der Waals surface area (Å²) in [5, 5.41) is 1.30. The lowest BCUT2D eigenvalue weighted by Gasteiger charge is -2.15. The third kappa shape index (κ3) is 3.77. The van der Waals surface area contributed by atoms with Crippen LogP contribution in [0, 0.1) is 0 Å². The van der Waals surface area contributed by atoms with Crippen molar-refractivity contribution in [1.29, 1.82) is 0 Å². The molecule has 0 saturated heterocycles. The molecule has 0 bridgehead atoms. The molecule has 2 aromatic carbocycles. The lowest BCUT2D eigenvalue weighted by atomic mass is 10.0. The number of fused-ring (bicyclic) bond motifs is 3. The molecule has 0 aliphatic rings. The highest BCUT2D eigenvalue weighted by Crippen LogP contribution is 2.32. The first-order chi connectivity index (χ1) is 16.2. The summed E-state index contributed by atoms with van der Waals surface area (Å²) in [5.41, 5.74) is 1.74. The minimum absolute atomic E-state index is 0.139. The van der Waals surface area contributed by atoms with E-state index in [1.54, 1.807) is 18.5 Å². The largest absolute Gasteiger partial charge is 0.416 e. The van der Waals surface area contributed by atoms with Gasteiger partial charge in [0.1, 0.15) is 5.82 Å². The average Bonchev–Trinajstić information content (AvgIpc) is 2.83. The summed E-state index contributed by atoms with van der Waals surface area (Å²) in [6, 6.07) is 17.2. The second-order valence-corrected chi connectivity index (χ2v) is 8.15. The van der Waals surface area contributed by atoms with Gasteiger partial charge in [0.2, 0.25) is 0 Å².